The van der Waals surface area contributed by atoms with Gasteiger partial charge >= 0.3 is 0 Å². The molecule has 0 aliphatic rings. The van der Waals surface area contributed by atoms with E-state index >= 15 is 0 Å². The minimum Gasteiger partial charge on any atom is -0.384 e. The predicted molar refractivity (Wildman–Crippen MR) is 73.7 cm³/mol. The van der Waals surface area contributed by atoms with E-state index in [1.54, 1.807) is 24.2 Å². The molecule has 2 heterocycles. The molecule has 0 spiro atoms. The van der Waals surface area contributed by atoms with Gasteiger partial charge in [-0.25, -0.2) is 4.68 Å². The van der Waals surface area contributed by atoms with E-state index in [0.717, 1.165) is 12.3 Å². The Morgan fingerprint density at radius 3 is 2.95 bits per heavy atom. The van der Waals surface area contributed by atoms with Crippen LogP contribution in [-0.4, -0.2) is 50.7 Å². The van der Waals surface area contributed by atoms with Crippen molar-refractivity contribution in [1.29, 1.82) is 0 Å². The highest BCUT2D eigenvalue weighted by molar-refractivity contribution is 7.99. The smallest absolute Gasteiger partial charge is 0.256 e. The normalized spacial score (nSPS) is 10.6. The van der Waals surface area contributed by atoms with Gasteiger partial charge in [-0.2, -0.15) is 20.1 Å². The van der Waals surface area contributed by atoms with Crippen molar-refractivity contribution in [3.63, 3.8) is 0 Å². The highest BCUT2D eigenvalue weighted by Crippen LogP contribution is 2.15. The van der Waals surface area contributed by atoms with Gasteiger partial charge in [-0.05, 0) is 13.0 Å². The van der Waals surface area contributed by atoms with Crippen LogP contribution < -0.4 is 5.32 Å². The average Bonchev–Trinajstić information content (AvgIpc) is 2.93. The van der Waals surface area contributed by atoms with Crippen molar-refractivity contribution < 1.29 is 4.74 Å². The zero-order valence-corrected chi connectivity index (χ0v) is 11.7. The molecule has 8 heteroatoms. The molecule has 0 atom stereocenters. The molecular weight excluding hydrogens is 264 g/mol. The van der Waals surface area contributed by atoms with Gasteiger partial charge in [0.05, 0.1) is 6.61 Å². The number of hydrogen-bond acceptors (Lipinski definition) is 7. The molecule has 0 aromatic carbocycles. The molecule has 2 aromatic heterocycles. The van der Waals surface area contributed by atoms with E-state index in [1.165, 1.54) is 11.8 Å². The van der Waals surface area contributed by atoms with Gasteiger partial charge in [-0.15, -0.1) is 0 Å². The van der Waals surface area contributed by atoms with Crippen LogP contribution in [0.3, 0.4) is 0 Å². The van der Waals surface area contributed by atoms with Crippen LogP contribution >= 0.6 is 11.8 Å². The van der Waals surface area contributed by atoms with Crippen molar-refractivity contribution in [3.8, 4) is 5.95 Å². The summed E-state index contributed by atoms with van der Waals surface area (Å²) in [6.45, 7) is 3.41. The molecule has 0 bridgehead atoms. The molecule has 2 aromatic rings. The first kappa shape index (κ1) is 13.8. The fourth-order valence-corrected chi connectivity index (χ4v) is 2.08. The third-order valence-electron chi connectivity index (χ3n) is 2.17. The summed E-state index contributed by atoms with van der Waals surface area (Å²) in [4.78, 5) is 13.0. The minimum atomic E-state index is 0.510. The fraction of sp³-hybridized carbons (Fsp3) is 0.455. The van der Waals surface area contributed by atoms with Crippen LogP contribution in [0.15, 0.2) is 23.6 Å². The molecular formula is C11H16N6OS. The van der Waals surface area contributed by atoms with Gasteiger partial charge in [0.15, 0.2) is 5.16 Å². The molecule has 0 fully saturated rings. The molecule has 0 amide bonds. The largest absolute Gasteiger partial charge is 0.384 e. The van der Waals surface area contributed by atoms with Crippen molar-refractivity contribution in [2.75, 3.05) is 31.3 Å². The van der Waals surface area contributed by atoms with E-state index in [0.29, 0.717) is 23.7 Å². The van der Waals surface area contributed by atoms with Gasteiger partial charge in [-0.1, -0.05) is 11.8 Å². The molecule has 19 heavy (non-hydrogen) atoms. The van der Waals surface area contributed by atoms with Gasteiger partial charge in [0.1, 0.15) is 0 Å². The average molecular weight is 280 g/mol. The molecule has 0 saturated heterocycles. The number of thioether (sulfide) groups is 1. The Morgan fingerprint density at radius 2 is 2.26 bits per heavy atom. The summed E-state index contributed by atoms with van der Waals surface area (Å²) in [5, 5.41) is 7.88. The lowest BCUT2D eigenvalue weighted by Crippen LogP contribution is -2.10. The Bertz CT molecular complexity index is 504. The molecule has 0 aliphatic heterocycles. The van der Waals surface area contributed by atoms with E-state index in [2.05, 4.69) is 25.4 Å². The van der Waals surface area contributed by atoms with Crippen molar-refractivity contribution in [2.24, 2.45) is 0 Å². The Labute approximate surface area is 115 Å². The van der Waals surface area contributed by atoms with Crippen LogP contribution in [0.2, 0.25) is 0 Å². The summed E-state index contributed by atoms with van der Waals surface area (Å²) in [5.41, 5.74) is 0. The predicted octanol–water partition coefficient (Wildman–Crippen LogP) is 1.23. The minimum absolute atomic E-state index is 0.510. The summed E-state index contributed by atoms with van der Waals surface area (Å²) in [6.07, 6.45) is 3.49. The Morgan fingerprint density at radius 1 is 1.37 bits per heavy atom. The summed E-state index contributed by atoms with van der Waals surface area (Å²) < 4.78 is 6.63. The topological polar surface area (TPSA) is 77.8 Å². The van der Waals surface area contributed by atoms with Gasteiger partial charge < -0.3 is 10.1 Å². The maximum atomic E-state index is 5.02. The molecule has 7 nitrogen and oxygen atoms in total. The molecule has 0 saturated carbocycles. The van der Waals surface area contributed by atoms with Crippen LogP contribution in [-0.2, 0) is 4.74 Å². The lowest BCUT2D eigenvalue weighted by Gasteiger charge is -2.07. The first-order valence-electron chi connectivity index (χ1n) is 5.95. The molecule has 0 unspecified atom stereocenters. The van der Waals surface area contributed by atoms with E-state index in [1.807, 2.05) is 13.0 Å². The number of aromatic nitrogens is 5. The molecule has 0 radical (unpaired) electrons. The highest BCUT2D eigenvalue weighted by Gasteiger charge is 2.08. The Balaban J connectivity index is 2.22. The van der Waals surface area contributed by atoms with Gasteiger partial charge in [0.25, 0.3) is 5.95 Å². The van der Waals surface area contributed by atoms with Gasteiger partial charge in [0, 0.05) is 31.8 Å². The number of nitrogens with zero attached hydrogens (tertiary/aromatic N) is 5. The second-order valence-electron chi connectivity index (χ2n) is 3.56. The Hall–Kier alpha value is -1.67. The number of anilines is 1. The number of hydrogen-bond donors (Lipinski definition) is 1. The molecule has 0 aliphatic carbocycles. The molecule has 2 rings (SSSR count). The van der Waals surface area contributed by atoms with E-state index in [4.69, 9.17) is 4.74 Å². The lowest BCUT2D eigenvalue weighted by molar-refractivity contribution is 0.218. The number of methoxy groups -OCH3 is 1. The van der Waals surface area contributed by atoms with Crippen molar-refractivity contribution in [2.45, 2.75) is 12.1 Å². The highest BCUT2D eigenvalue weighted by atomic mass is 32.2. The number of rotatable bonds is 7. The summed E-state index contributed by atoms with van der Waals surface area (Å²) >= 11 is 1.53. The maximum Gasteiger partial charge on any atom is 0.256 e. The van der Waals surface area contributed by atoms with Crippen LogP contribution in [0.5, 0.6) is 0 Å². The van der Waals surface area contributed by atoms with E-state index < -0.39 is 0 Å². The summed E-state index contributed by atoms with van der Waals surface area (Å²) in [5.74, 6) is 1.86. The second-order valence-corrected chi connectivity index (χ2v) is 4.63. The third-order valence-corrected chi connectivity index (χ3v) is 2.98. The SMILES string of the molecule is CCNc1nc(SCCOC)nc(-n2cccn2)n1. The van der Waals surface area contributed by atoms with Gasteiger partial charge in [-0.3, -0.25) is 0 Å². The quantitative estimate of drug-likeness (QED) is 0.603. The second kappa shape index (κ2) is 7.05. The van der Waals surface area contributed by atoms with E-state index in [-0.39, 0.29) is 0 Å². The first-order valence-corrected chi connectivity index (χ1v) is 6.93. The molecule has 102 valence electrons. The van der Waals surface area contributed by atoms with Crippen LogP contribution in [0.4, 0.5) is 5.95 Å². The standard InChI is InChI=1S/C11H16N6OS/c1-3-12-9-14-10(17-6-4-5-13-17)16-11(15-9)19-8-7-18-2/h4-6H,3,7-8H2,1-2H3,(H,12,14,15,16). The monoisotopic (exact) mass is 280 g/mol. The first-order chi connectivity index (χ1) is 9.33. The zero-order valence-electron chi connectivity index (χ0n) is 10.9. The van der Waals surface area contributed by atoms with Crippen molar-refractivity contribution >= 4 is 17.7 Å². The van der Waals surface area contributed by atoms with Crippen LogP contribution in [0.1, 0.15) is 6.92 Å². The number of nitrogens with one attached hydrogen (secondary N) is 1. The van der Waals surface area contributed by atoms with Crippen LogP contribution in [0, 0.1) is 0 Å². The molecule has 1 N–H and O–H groups in total. The maximum absolute atomic E-state index is 5.02. The zero-order chi connectivity index (χ0) is 13.5. The fourth-order valence-electron chi connectivity index (χ4n) is 1.35. The Kier molecular flexibility index (Phi) is 5.10. The number of ether oxygens (including phenoxy) is 1. The van der Waals surface area contributed by atoms with E-state index in [9.17, 15) is 0 Å². The van der Waals surface area contributed by atoms with Gasteiger partial charge in [0.2, 0.25) is 5.95 Å². The van der Waals surface area contributed by atoms with Crippen molar-refractivity contribution in [3.05, 3.63) is 18.5 Å². The van der Waals surface area contributed by atoms with Crippen LogP contribution in [0.25, 0.3) is 5.95 Å². The summed E-state index contributed by atoms with van der Waals surface area (Å²) in [6, 6.07) is 1.83. The summed E-state index contributed by atoms with van der Waals surface area (Å²) in [7, 11) is 1.67. The van der Waals surface area contributed by atoms with Crippen molar-refractivity contribution in [1.82, 2.24) is 24.7 Å². The third kappa shape index (κ3) is 3.90. The lowest BCUT2D eigenvalue weighted by atomic mass is 10.7.